The summed E-state index contributed by atoms with van der Waals surface area (Å²) in [6, 6.07) is 13.4. The van der Waals surface area contributed by atoms with Crippen molar-refractivity contribution in [2.24, 2.45) is 0 Å². The molecule has 2 aromatic rings. The lowest BCUT2D eigenvalue weighted by molar-refractivity contribution is 0.102. The van der Waals surface area contributed by atoms with Gasteiger partial charge in [0.15, 0.2) is 0 Å². The van der Waals surface area contributed by atoms with E-state index >= 15 is 0 Å². The standard InChI is InChI=1S/C18H20N4O3/c19-14-3-1-13(2-4-14)17(23)21-15-5-7-16(8-6-15)25-18(24)22-11-9-20-10-12-22/h1-8,20H,9-12,19H2,(H,21,23). The summed E-state index contributed by atoms with van der Waals surface area (Å²) in [7, 11) is 0. The van der Waals surface area contributed by atoms with Crippen LogP contribution < -0.4 is 21.1 Å². The van der Waals surface area contributed by atoms with Gasteiger partial charge in [-0.05, 0) is 48.5 Å². The molecular formula is C18H20N4O3. The molecule has 1 fully saturated rings. The van der Waals surface area contributed by atoms with Gasteiger partial charge in [-0.2, -0.15) is 0 Å². The minimum absolute atomic E-state index is 0.231. The summed E-state index contributed by atoms with van der Waals surface area (Å²) in [4.78, 5) is 25.8. The molecule has 7 nitrogen and oxygen atoms in total. The lowest BCUT2D eigenvalue weighted by atomic mass is 10.2. The third-order valence-corrected chi connectivity index (χ3v) is 3.87. The first-order valence-corrected chi connectivity index (χ1v) is 8.06. The molecule has 0 unspecified atom stereocenters. The molecule has 2 amide bonds. The summed E-state index contributed by atoms with van der Waals surface area (Å²) in [6.07, 6.45) is -0.361. The molecule has 25 heavy (non-hydrogen) atoms. The lowest BCUT2D eigenvalue weighted by Gasteiger charge is -2.26. The monoisotopic (exact) mass is 340 g/mol. The molecule has 3 rings (SSSR count). The number of nitrogens with two attached hydrogens (primary N) is 1. The van der Waals surface area contributed by atoms with Crippen LogP contribution in [0.5, 0.6) is 5.75 Å². The van der Waals surface area contributed by atoms with E-state index in [9.17, 15) is 9.59 Å². The fourth-order valence-electron chi connectivity index (χ4n) is 2.46. The summed E-state index contributed by atoms with van der Waals surface area (Å²) in [5, 5.41) is 5.96. The maximum absolute atomic E-state index is 12.1. The molecule has 0 aliphatic carbocycles. The van der Waals surface area contributed by atoms with Crippen molar-refractivity contribution in [1.82, 2.24) is 10.2 Å². The smallest absolute Gasteiger partial charge is 0.410 e. The molecule has 1 heterocycles. The number of rotatable bonds is 3. The Morgan fingerprint density at radius 3 is 2.28 bits per heavy atom. The van der Waals surface area contributed by atoms with Crippen LogP contribution in [0.25, 0.3) is 0 Å². The number of benzene rings is 2. The molecule has 1 aliphatic heterocycles. The van der Waals surface area contributed by atoms with Gasteiger partial charge in [-0.15, -0.1) is 0 Å². The van der Waals surface area contributed by atoms with Gasteiger partial charge in [-0.1, -0.05) is 0 Å². The molecule has 7 heteroatoms. The van der Waals surface area contributed by atoms with E-state index in [2.05, 4.69) is 10.6 Å². The van der Waals surface area contributed by atoms with Crippen LogP contribution in [0.15, 0.2) is 48.5 Å². The zero-order valence-electron chi connectivity index (χ0n) is 13.7. The highest BCUT2D eigenvalue weighted by molar-refractivity contribution is 6.04. The third-order valence-electron chi connectivity index (χ3n) is 3.87. The van der Waals surface area contributed by atoms with E-state index in [1.807, 2.05) is 0 Å². The molecule has 4 N–H and O–H groups in total. The van der Waals surface area contributed by atoms with Crippen molar-refractivity contribution in [1.29, 1.82) is 0 Å². The maximum atomic E-state index is 12.1. The van der Waals surface area contributed by atoms with Gasteiger partial charge in [0.2, 0.25) is 0 Å². The molecule has 0 atom stereocenters. The average molecular weight is 340 g/mol. The fourth-order valence-corrected chi connectivity index (χ4v) is 2.46. The maximum Gasteiger partial charge on any atom is 0.415 e. The highest BCUT2D eigenvalue weighted by Crippen LogP contribution is 2.18. The molecule has 0 spiro atoms. The number of amides is 2. The van der Waals surface area contributed by atoms with Gasteiger partial charge in [-0.25, -0.2) is 4.79 Å². The summed E-state index contributed by atoms with van der Waals surface area (Å²) < 4.78 is 5.34. The van der Waals surface area contributed by atoms with Crippen LogP contribution in [-0.4, -0.2) is 43.1 Å². The minimum atomic E-state index is -0.361. The van der Waals surface area contributed by atoms with Gasteiger partial charge >= 0.3 is 6.09 Å². The van der Waals surface area contributed by atoms with Crippen molar-refractivity contribution >= 4 is 23.4 Å². The Hall–Kier alpha value is -3.06. The van der Waals surface area contributed by atoms with E-state index in [1.54, 1.807) is 53.4 Å². The Morgan fingerprint density at radius 1 is 1.00 bits per heavy atom. The van der Waals surface area contributed by atoms with Crippen molar-refractivity contribution in [2.75, 3.05) is 37.2 Å². The molecular weight excluding hydrogens is 320 g/mol. The van der Waals surface area contributed by atoms with Crippen LogP contribution in [0.4, 0.5) is 16.2 Å². The summed E-state index contributed by atoms with van der Waals surface area (Å²) in [6.45, 7) is 2.81. The number of nitrogens with one attached hydrogen (secondary N) is 2. The number of carbonyl (C=O) groups excluding carboxylic acids is 2. The number of anilines is 2. The van der Waals surface area contributed by atoms with Gasteiger partial charge < -0.3 is 26.0 Å². The zero-order chi connectivity index (χ0) is 17.6. The van der Waals surface area contributed by atoms with Crippen LogP contribution in [0.1, 0.15) is 10.4 Å². The van der Waals surface area contributed by atoms with E-state index in [1.165, 1.54) is 0 Å². The van der Waals surface area contributed by atoms with E-state index in [0.717, 1.165) is 13.1 Å². The van der Waals surface area contributed by atoms with Gasteiger partial charge in [0, 0.05) is 43.1 Å². The summed E-state index contributed by atoms with van der Waals surface area (Å²) in [5.41, 5.74) is 7.35. The van der Waals surface area contributed by atoms with Crippen LogP contribution in [0.2, 0.25) is 0 Å². The number of ether oxygens (including phenoxy) is 1. The van der Waals surface area contributed by atoms with E-state index in [0.29, 0.717) is 35.8 Å². The number of nitrogens with zero attached hydrogens (tertiary/aromatic N) is 1. The van der Waals surface area contributed by atoms with Crippen LogP contribution >= 0.6 is 0 Å². The molecule has 0 saturated carbocycles. The zero-order valence-corrected chi connectivity index (χ0v) is 13.7. The van der Waals surface area contributed by atoms with Crippen molar-refractivity contribution in [3.63, 3.8) is 0 Å². The van der Waals surface area contributed by atoms with Crippen LogP contribution in [0.3, 0.4) is 0 Å². The van der Waals surface area contributed by atoms with Crippen molar-refractivity contribution in [2.45, 2.75) is 0 Å². The first kappa shape index (κ1) is 16.8. The number of hydrogen-bond acceptors (Lipinski definition) is 5. The number of hydrogen-bond donors (Lipinski definition) is 3. The first-order chi connectivity index (χ1) is 12.1. The number of nitrogen functional groups attached to an aromatic ring is 1. The highest BCUT2D eigenvalue weighted by atomic mass is 16.6. The van der Waals surface area contributed by atoms with Crippen molar-refractivity contribution < 1.29 is 14.3 Å². The molecule has 1 saturated heterocycles. The lowest BCUT2D eigenvalue weighted by Crippen LogP contribution is -2.47. The van der Waals surface area contributed by atoms with Gasteiger partial charge in [-0.3, -0.25) is 4.79 Å². The number of carbonyl (C=O) groups is 2. The van der Waals surface area contributed by atoms with Crippen molar-refractivity contribution in [3.05, 3.63) is 54.1 Å². The molecule has 2 aromatic carbocycles. The average Bonchev–Trinajstić information content (AvgIpc) is 2.64. The second-order valence-electron chi connectivity index (χ2n) is 5.71. The first-order valence-electron chi connectivity index (χ1n) is 8.06. The normalized spacial score (nSPS) is 14.0. The van der Waals surface area contributed by atoms with Gasteiger partial charge in [0.25, 0.3) is 5.91 Å². The quantitative estimate of drug-likeness (QED) is 0.742. The fraction of sp³-hybridized carbons (Fsp3) is 0.222. The Bertz CT molecular complexity index is 738. The third kappa shape index (κ3) is 4.48. The Balaban J connectivity index is 1.57. The van der Waals surface area contributed by atoms with E-state index in [4.69, 9.17) is 10.5 Å². The Morgan fingerprint density at radius 2 is 1.64 bits per heavy atom. The molecule has 130 valence electrons. The highest BCUT2D eigenvalue weighted by Gasteiger charge is 2.18. The van der Waals surface area contributed by atoms with Crippen LogP contribution in [0, 0.1) is 0 Å². The predicted molar refractivity (Wildman–Crippen MR) is 95.7 cm³/mol. The largest absolute Gasteiger partial charge is 0.415 e. The van der Waals surface area contributed by atoms with Gasteiger partial charge in [0.1, 0.15) is 5.75 Å². The molecule has 0 aromatic heterocycles. The topological polar surface area (TPSA) is 96.7 Å². The molecule has 1 aliphatic rings. The van der Waals surface area contributed by atoms with E-state index < -0.39 is 0 Å². The SMILES string of the molecule is Nc1ccc(C(=O)Nc2ccc(OC(=O)N3CCNCC3)cc2)cc1. The predicted octanol–water partition coefficient (Wildman–Crippen LogP) is 1.93. The Labute approximate surface area is 145 Å². The molecule has 0 bridgehead atoms. The van der Waals surface area contributed by atoms with Crippen molar-refractivity contribution in [3.8, 4) is 5.75 Å². The molecule has 0 radical (unpaired) electrons. The summed E-state index contributed by atoms with van der Waals surface area (Å²) >= 11 is 0. The second-order valence-corrected chi connectivity index (χ2v) is 5.71. The van der Waals surface area contributed by atoms with Crippen LogP contribution in [-0.2, 0) is 0 Å². The second kappa shape index (κ2) is 7.67. The van der Waals surface area contributed by atoms with E-state index in [-0.39, 0.29) is 12.0 Å². The van der Waals surface area contributed by atoms with Gasteiger partial charge in [0.05, 0.1) is 0 Å². The summed E-state index contributed by atoms with van der Waals surface area (Å²) in [5.74, 6) is 0.208. The Kier molecular flexibility index (Phi) is 5.15. The minimum Gasteiger partial charge on any atom is -0.410 e. The number of piperazine rings is 1.